The molecule has 7 nitrogen and oxygen atoms in total. The summed E-state index contributed by atoms with van der Waals surface area (Å²) in [5.74, 6) is -1.10. The third kappa shape index (κ3) is 2.49. The zero-order chi connectivity index (χ0) is 19.3. The van der Waals surface area contributed by atoms with Crippen LogP contribution in [0.5, 0.6) is 0 Å². The van der Waals surface area contributed by atoms with Crippen LogP contribution in [0.2, 0.25) is 0 Å². The molecular weight excluding hydrogens is 359 g/mol. The Labute approximate surface area is 159 Å². The van der Waals surface area contributed by atoms with Crippen molar-refractivity contribution in [2.24, 2.45) is 0 Å². The lowest BCUT2D eigenvalue weighted by Gasteiger charge is -2.34. The van der Waals surface area contributed by atoms with Gasteiger partial charge < -0.3 is 9.88 Å². The van der Waals surface area contributed by atoms with Crippen molar-refractivity contribution >= 4 is 11.6 Å². The van der Waals surface area contributed by atoms with Gasteiger partial charge in [0, 0.05) is 37.3 Å². The summed E-state index contributed by atoms with van der Waals surface area (Å²) in [5.41, 5.74) is 3.81. The van der Waals surface area contributed by atoms with Gasteiger partial charge in [-0.05, 0) is 42.3 Å². The third-order valence-electron chi connectivity index (χ3n) is 5.13. The number of carbonyl (C=O) groups excluding carboxylic acids is 1. The van der Waals surface area contributed by atoms with Gasteiger partial charge in [0.05, 0.1) is 12.0 Å². The normalized spacial score (nSPS) is 16.4. The average Bonchev–Trinajstić information content (AvgIpc) is 3.31. The fourth-order valence-corrected chi connectivity index (χ4v) is 3.77. The number of hydrogen-bond donors (Lipinski definition) is 1. The van der Waals surface area contributed by atoms with Crippen molar-refractivity contribution in [1.82, 2.24) is 29.2 Å². The third-order valence-corrected chi connectivity index (χ3v) is 5.13. The van der Waals surface area contributed by atoms with Crippen LogP contribution in [0.25, 0.3) is 5.65 Å². The summed E-state index contributed by atoms with van der Waals surface area (Å²) in [5, 5.41) is 0. The van der Waals surface area contributed by atoms with E-state index in [0.717, 1.165) is 22.5 Å². The van der Waals surface area contributed by atoms with E-state index in [1.807, 2.05) is 19.1 Å². The van der Waals surface area contributed by atoms with Gasteiger partial charge in [-0.1, -0.05) is 0 Å². The van der Waals surface area contributed by atoms with Crippen LogP contribution < -0.4 is 0 Å². The molecule has 1 unspecified atom stereocenters. The lowest BCUT2D eigenvalue weighted by atomic mass is 9.96. The Hall–Kier alpha value is -3.55. The number of rotatable bonds is 2. The maximum Gasteiger partial charge on any atom is 0.278 e. The van der Waals surface area contributed by atoms with E-state index in [1.165, 1.54) is 4.40 Å². The molecular formula is C20H17FN6O. The van der Waals surface area contributed by atoms with E-state index in [2.05, 4.69) is 19.9 Å². The Morgan fingerprint density at radius 3 is 2.93 bits per heavy atom. The summed E-state index contributed by atoms with van der Waals surface area (Å²) >= 11 is 0. The molecule has 0 bridgehead atoms. The molecule has 1 aliphatic rings. The number of pyridine rings is 2. The van der Waals surface area contributed by atoms with Crippen molar-refractivity contribution in [3.05, 3.63) is 83.3 Å². The SMILES string of the molecule is Cc1ccn2c(F)c(C(=O)N3CCc4[nH]cnc4C3c3ccncc3)nc2c1. The molecule has 0 aromatic carbocycles. The van der Waals surface area contributed by atoms with Gasteiger partial charge in [0.15, 0.2) is 5.69 Å². The van der Waals surface area contributed by atoms with Crippen LogP contribution in [0.3, 0.4) is 0 Å². The smallest absolute Gasteiger partial charge is 0.278 e. The summed E-state index contributed by atoms with van der Waals surface area (Å²) in [6.07, 6.45) is 7.18. The van der Waals surface area contributed by atoms with E-state index in [9.17, 15) is 9.18 Å². The predicted molar refractivity (Wildman–Crippen MR) is 99.3 cm³/mol. The first-order valence-corrected chi connectivity index (χ1v) is 9.00. The highest BCUT2D eigenvalue weighted by Crippen LogP contribution is 2.34. The number of fused-ring (bicyclic) bond motifs is 2. The molecule has 140 valence electrons. The highest BCUT2D eigenvalue weighted by Gasteiger charge is 2.36. The fraction of sp³-hybridized carbons (Fsp3) is 0.200. The second-order valence-corrected chi connectivity index (χ2v) is 6.88. The highest BCUT2D eigenvalue weighted by molar-refractivity contribution is 5.94. The molecule has 1 amide bonds. The van der Waals surface area contributed by atoms with Crippen molar-refractivity contribution in [2.45, 2.75) is 19.4 Å². The first kappa shape index (κ1) is 16.6. The molecule has 0 radical (unpaired) electrons. The highest BCUT2D eigenvalue weighted by atomic mass is 19.1. The van der Waals surface area contributed by atoms with Crippen LogP contribution in [0, 0.1) is 12.9 Å². The van der Waals surface area contributed by atoms with E-state index < -0.39 is 17.9 Å². The Bertz CT molecular complexity index is 1180. The molecule has 0 saturated carbocycles. The summed E-state index contributed by atoms with van der Waals surface area (Å²) in [6.45, 7) is 2.34. The molecule has 0 aliphatic carbocycles. The van der Waals surface area contributed by atoms with Gasteiger partial charge in [-0.3, -0.25) is 14.2 Å². The Kier molecular flexibility index (Phi) is 3.71. The van der Waals surface area contributed by atoms with E-state index in [1.54, 1.807) is 42.0 Å². The first-order valence-electron chi connectivity index (χ1n) is 9.00. The number of aromatic nitrogens is 5. The summed E-state index contributed by atoms with van der Waals surface area (Å²) in [6, 6.07) is 6.80. The molecule has 0 fully saturated rings. The van der Waals surface area contributed by atoms with Crippen molar-refractivity contribution in [3.63, 3.8) is 0 Å². The number of aryl methyl sites for hydroxylation is 1. The number of nitrogens with one attached hydrogen (secondary N) is 1. The van der Waals surface area contributed by atoms with Crippen LogP contribution in [0.4, 0.5) is 4.39 Å². The number of amides is 1. The van der Waals surface area contributed by atoms with Crippen LogP contribution in [-0.4, -0.2) is 41.7 Å². The maximum absolute atomic E-state index is 15.0. The molecule has 28 heavy (non-hydrogen) atoms. The Morgan fingerprint density at radius 2 is 2.11 bits per heavy atom. The number of imidazole rings is 2. The average molecular weight is 376 g/mol. The summed E-state index contributed by atoms with van der Waals surface area (Å²) in [4.78, 5) is 30.9. The monoisotopic (exact) mass is 376 g/mol. The van der Waals surface area contributed by atoms with Gasteiger partial charge in [0.2, 0.25) is 5.95 Å². The zero-order valence-electron chi connectivity index (χ0n) is 15.1. The van der Waals surface area contributed by atoms with Gasteiger partial charge in [-0.15, -0.1) is 0 Å². The van der Waals surface area contributed by atoms with E-state index in [0.29, 0.717) is 18.6 Å². The number of carbonyl (C=O) groups is 1. The minimum Gasteiger partial charge on any atom is -0.348 e. The second kappa shape index (κ2) is 6.26. The lowest BCUT2D eigenvalue weighted by Crippen LogP contribution is -2.41. The van der Waals surface area contributed by atoms with Crippen LogP contribution >= 0.6 is 0 Å². The molecule has 4 aromatic rings. The molecule has 5 rings (SSSR count). The van der Waals surface area contributed by atoms with Crippen LogP contribution in [0.1, 0.15) is 39.0 Å². The minimum absolute atomic E-state index is 0.177. The first-order chi connectivity index (χ1) is 13.6. The Morgan fingerprint density at radius 1 is 1.29 bits per heavy atom. The van der Waals surface area contributed by atoms with Crippen LogP contribution in [-0.2, 0) is 6.42 Å². The molecule has 0 saturated heterocycles. The van der Waals surface area contributed by atoms with Gasteiger partial charge in [-0.2, -0.15) is 4.39 Å². The molecule has 0 spiro atoms. The van der Waals surface area contributed by atoms with Crippen molar-refractivity contribution in [3.8, 4) is 0 Å². The van der Waals surface area contributed by atoms with Gasteiger partial charge in [0.25, 0.3) is 5.91 Å². The fourth-order valence-electron chi connectivity index (χ4n) is 3.77. The molecule has 5 heterocycles. The zero-order valence-corrected chi connectivity index (χ0v) is 15.1. The maximum atomic E-state index is 15.0. The summed E-state index contributed by atoms with van der Waals surface area (Å²) in [7, 11) is 0. The summed E-state index contributed by atoms with van der Waals surface area (Å²) < 4.78 is 16.3. The molecule has 1 aliphatic heterocycles. The van der Waals surface area contributed by atoms with Gasteiger partial charge in [-0.25, -0.2) is 9.97 Å². The molecule has 1 N–H and O–H groups in total. The number of aromatic amines is 1. The second-order valence-electron chi connectivity index (χ2n) is 6.88. The predicted octanol–water partition coefficient (Wildman–Crippen LogP) is 2.69. The molecule has 8 heteroatoms. The minimum atomic E-state index is -0.652. The number of hydrogen-bond acceptors (Lipinski definition) is 4. The number of H-pyrrole nitrogens is 1. The van der Waals surface area contributed by atoms with E-state index in [-0.39, 0.29) is 5.69 Å². The number of halogens is 1. The van der Waals surface area contributed by atoms with Crippen molar-refractivity contribution in [2.75, 3.05) is 6.54 Å². The number of nitrogens with zero attached hydrogens (tertiary/aromatic N) is 5. The van der Waals surface area contributed by atoms with Gasteiger partial charge >= 0.3 is 0 Å². The Balaban J connectivity index is 1.61. The molecule has 1 atom stereocenters. The largest absolute Gasteiger partial charge is 0.348 e. The quantitative estimate of drug-likeness (QED) is 0.583. The molecule has 4 aromatic heterocycles. The standard InChI is InChI=1S/C20H17FN6O/c1-12-4-8-26-15(10-12)25-17(19(26)21)20(28)27-9-5-14-16(24-11-23-14)18(27)13-2-6-22-7-3-13/h2-4,6-8,10-11,18H,5,9H2,1H3,(H,23,24). The lowest BCUT2D eigenvalue weighted by molar-refractivity contribution is 0.0679. The van der Waals surface area contributed by atoms with Crippen molar-refractivity contribution < 1.29 is 9.18 Å². The van der Waals surface area contributed by atoms with E-state index in [4.69, 9.17) is 0 Å². The van der Waals surface area contributed by atoms with E-state index >= 15 is 0 Å². The van der Waals surface area contributed by atoms with Crippen molar-refractivity contribution in [1.29, 1.82) is 0 Å². The van der Waals surface area contributed by atoms with Crippen LogP contribution in [0.15, 0.2) is 49.2 Å². The van der Waals surface area contributed by atoms with Gasteiger partial charge in [0.1, 0.15) is 11.7 Å². The topological polar surface area (TPSA) is 79.2 Å².